The molecular weight excluding hydrogens is 560 g/mol. The summed E-state index contributed by atoms with van der Waals surface area (Å²) >= 11 is 0. The summed E-state index contributed by atoms with van der Waals surface area (Å²) in [5.41, 5.74) is 9.51. The first kappa shape index (κ1) is 27.8. The third-order valence-electron chi connectivity index (χ3n) is 8.87. The standard InChI is InChI=1S/C42H34N4/c1-3-11-32(12-4-1)40-44-41(33-13-5-2-6-14-33)46-42(45-40)34-26-22-30(23-27-34)36-16-10-17-37-35(15-9-18-38(36)37)29-20-24-31(25-21-29)39-19-7-8-28-43-39/h1-28,39-40,42-43,45H,(H,44,46). The first-order valence-corrected chi connectivity index (χ1v) is 15.8. The van der Waals surface area contributed by atoms with Gasteiger partial charge in [-0.2, -0.15) is 0 Å². The number of fused-ring (bicyclic) bond motifs is 1. The summed E-state index contributed by atoms with van der Waals surface area (Å²) < 4.78 is 0. The lowest BCUT2D eigenvalue weighted by atomic mass is 9.92. The van der Waals surface area contributed by atoms with E-state index < -0.39 is 0 Å². The first-order chi connectivity index (χ1) is 22.8. The average molecular weight is 595 g/mol. The van der Waals surface area contributed by atoms with Crippen LogP contribution >= 0.6 is 0 Å². The summed E-state index contributed by atoms with van der Waals surface area (Å²) in [5, 5.41) is 13.3. The SMILES string of the molecule is C1=CNC(c2ccc(-c3cccc4c(-c5ccc(C6NC(c7ccccc7)=NC(c7ccccc7)N6)cc5)cccc34)cc2)C=C1. The molecule has 0 saturated carbocycles. The van der Waals surface area contributed by atoms with Crippen LogP contribution in [0.5, 0.6) is 0 Å². The number of aliphatic imine (C=N–C) groups is 1. The maximum Gasteiger partial charge on any atom is 0.131 e. The van der Waals surface area contributed by atoms with E-state index in [1.165, 1.54) is 38.6 Å². The second-order valence-corrected chi connectivity index (χ2v) is 11.7. The number of rotatable bonds is 6. The Kier molecular flexibility index (Phi) is 7.47. The molecule has 6 aromatic carbocycles. The van der Waals surface area contributed by atoms with Gasteiger partial charge in [-0.1, -0.05) is 158 Å². The number of amidine groups is 1. The van der Waals surface area contributed by atoms with E-state index in [0.29, 0.717) is 0 Å². The van der Waals surface area contributed by atoms with Crippen LogP contribution in [-0.2, 0) is 0 Å². The fraction of sp³-hybridized carbons (Fsp3) is 0.0714. The minimum absolute atomic E-state index is 0.0932. The second-order valence-electron chi connectivity index (χ2n) is 11.7. The Hall–Kier alpha value is -5.71. The van der Waals surface area contributed by atoms with Gasteiger partial charge in [0.15, 0.2) is 0 Å². The van der Waals surface area contributed by atoms with Gasteiger partial charge in [-0.15, -0.1) is 0 Å². The molecule has 0 amide bonds. The molecule has 4 heteroatoms. The number of hydrogen-bond donors (Lipinski definition) is 3. The summed E-state index contributed by atoms with van der Waals surface area (Å²) in [5.74, 6) is 0.889. The van der Waals surface area contributed by atoms with Crippen LogP contribution in [0.4, 0.5) is 0 Å². The van der Waals surface area contributed by atoms with E-state index >= 15 is 0 Å². The highest BCUT2D eigenvalue weighted by atomic mass is 15.3. The van der Waals surface area contributed by atoms with Gasteiger partial charge in [-0.25, -0.2) is 4.99 Å². The molecule has 0 fully saturated rings. The van der Waals surface area contributed by atoms with Gasteiger partial charge >= 0.3 is 0 Å². The lowest BCUT2D eigenvalue weighted by Gasteiger charge is -2.32. The quantitative estimate of drug-likeness (QED) is 0.180. The van der Waals surface area contributed by atoms with Crippen molar-refractivity contribution in [2.45, 2.75) is 18.4 Å². The van der Waals surface area contributed by atoms with E-state index in [1.54, 1.807) is 0 Å². The molecule has 0 aromatic heterocycles. The number of benzene rings is 6. The van der Waals surface area contributed by atoms with Crippen LogP contribution in [0.2, 0.25) is 0 Å². The van der Waals surface area contributed by atoms with Crippen molar-refractivity contribution in [1.29, 1.82) is 0 Å². The molecule has 46 heavy (non-hydrogen) atoms. The van der Waals surface area contributed by atoms with Gasteiger partial charge in [0.1, 0.15) is 18.2 Å². The first-order valence-electron chi connectivity index (χ1n) is 15.8. The van der Waals surface area contributed by atoms with Crippen molar-refractivity contribution in [3.63, 3.8) is 0 Å². The van der Waals surface area contributed by atoms with Crippen LogP contribution in [-0.4, -0.2) is 5.84 Å². The van der Waals surface area contributed by atoms with Crippen LogP contribution in [0.1, 0.15) is 40.6 Å². The summed E-state index contributed by atoms with van der Waals surface area (Å²) in [7, 11) is 0. The van der Waals surface area contributed by atoms with Crippen LogP contribution < -0.4 is 16.0 Å². The van der Waals surface area contributed by atoms with E-state index in [9.17, 15) is 0 Å². The van der Waals surface area contributed by atoms with Crippen molar-refractivity contribution in [2.24, 2.45) is 4.99 Å². The van der Waals surface area contributed by atoms with Gasteiger partial charge in [-0.3, -0.25) is 5.32 Å². The summed E-state index contributed by atoms with van der Waals surface area (Å²) in [6.45, 7) is 0. The van der Waals surface area contributed by atoms with E-state index in [4.69, 9.17) is 4.99 Å². The largest absolute Gasteiger partial charge is 0.381 e. The predicted octanol–water partition coefficient (Wildman–Crippen LogP) is 9.23. The zero-order valence-electron chi connectivity index (χ0n) is 25.3. The van der Waals surface area contributed by atoms with Gasteiger partial charge in [0.25, 0.3) is 0 Å². The Morgan fingerprint density at radius 3 is 1.70 bits per heavy atom. The topological polar surface area (TPSA) is 48.5 Å². The van der Waals surface area contributed by atoms with Gasteiger partial charge in [-0.05, 0) is 62.0 Å². The van der Waals surface area contributed by atoms with Crippen molar-refractivity contribution in [2.75, 3.05) is 0 Å². The molecule has 0 aliphatic carbocycles. The molecule has 4 nitrogen and oxygen atoms in total. The molecule has 3 unspecified atom stereocenters. The van der Waals surface area contributed by atoms with Crippen LogP contribution in [0.3, 0.4) is 0 Å². The predicted molar refractivity (Wildman–Crippen MR) is 190 cm³/mol. The zero-order chi connectivity index (χ0) is 30.7. The monoisotopic (exact) mass is 594 g/mol. The molecule has 3 N–H and O–H groups in total. The van der Waals surface area contributed by atoms with Crippen LogP contribution in [0, 0.1) is 0 Å². The van der Waals surface area contributed by atoms with Gasteiger partial charge in [0.2, 0.25) is 0 Å². The van der Waals surface area contributed by atoms with Crippen molar-refractivity contribution in [3.8, 4) is 22.3 Å². The summed E-state index contributed by atoms with van der Waals surface area (Å²) in [6, 6.07) is 52.1. The molecule has 0 spiro atoms. The van der Waals surface area contributed by atoms with Crippen molar-refractivity contribution in [3.05, 3.63) is 192 Å². The molecule has 6 aromatic rings. The van der Waals surface area contributed by atoms with Gasteiger partial charge < -0.3 is 10.6 Å². The summed E-state index contributed by atoms with van der Waals surface area (Å²) in [4.78, 5) is 5.04. The summed E-state index contributed by atoms with van der Waals surface area (Å²) in [6.07, 6.45) is 8.05. The minimum atomic E-state index is -0.153. The molecular formula is C42H34N4. The zero-order valence-corrected chi connectivity index (χ0v) is 25.3. The normalized spacial score (nSPS) is 18.9. The molecule has 3 atom stereocenters. The van der Waals surface area contributed by atoms with E-state index in [2.05, 4.69) is 162 Å². The number of dihydropyridines is 1. The highest BCUT2D eigenvalue weighted by molar-refractivity contribution is 6.04. The van der Waals surface area contributed by atoms with Crippen molar-refractivity contribution >= 4 is 16.6 Å². The van der Waals surface area contributed by atoms with Crippen molar-refractivity contribution < 1.29 is 0 Å². The third-order valence-corrected chi connectivity index (χ3v) is 8.87. The molecule has 2 heterocycles. The Bertz CT molecular complexity index is 2060. The Morgan fingerprint density at radius 2 is 1.09 bits per heavy atom. The van der Waals surface area contributed by atoms with Gasteiger partial charge in [0.05, 0.1) is 6.04 Å². The molecule has 222 valence electrons. The molecule has 0 radical (unpaired) electrons. The van der Waals surface area contributed by atoms with Gasteiger partial charge in [0, 0.05) is 5.56 Å². The van der Waals surface area contributed by atoms with E-state index in [0.717, 1.165) is 22.5 Å². The molecule has 2 aliphatic heterocycles. The fourth-order valence-corrected chi connectivity index (χ4v) is 6.47. The minimum Gasteiger partial charge on any atom is -0.381 e. The molecule has 2 aliphatic rings. The fourth-order valence-electron chi connectivity index (χ4n) is 6.47. The molecule has 0 saturated heterocycles. The van der Waals surface area contributed by atoms with E-state index in [-0.39, 0.29) is 18.4 Å². The lowest BCUT2D eigenvalue weighted by molar-refractivity contribution is 0.409. The van der Waals surface area contributed by atoms with Crippen LogP contribution in [0.25, 0.3) is 33.0 Å². The third kappa shape index (κ3) is 5.51. The Labute approximate surface area is 269 Å². The van der Waals surface area contributed by atoms with Crippen LogP contribution in [0.15, 0.2) is 175 Å². The number of nitrogens with one attached hydrogen (secondary N) is 3. The number of hydrogen-bond acceptors (Lipinski definition) is 4. The average Bonchev–Trinajstić information content (AvgIpc) is 3.15. The van der Waals surface area contributed by atoms with Crippen molar-refractivity contribution in [1.82, 2.24) is 16.0 Å². The molecule has 8 rings (SSSR count). The molecule has 0 bridgehead atoms. The van der Waals surface area contributed by atoms with E-state index in [1.807, 2.05) is 24.4 Å². The maximum absolute atomic E-state index is 5.04. The highest BCUT2D eigenvalue weighted by Crippen LogP contribution is 2.36. The smallest absolute Gasteiger partial charge is 0.131 e. The number of allylic oxidation sites excluding steroid dienone is 2. The highest BCUT2D eigenvalue weighted by Gasteiger charge is 2.25. The maximum atomic E-state index is 5.04. The number of nitrogens with zero attached hydrogens (tertiary/aromatic N) is 1. The Morgan fingerprint density at radius 1 is 0.478 bits per heavy atom. The second kappa shape index (κ2) is 12.4. The lowest BCUT2D eigenvalue weighted by Crippen LogP contribution is -2.44. The Balaban J connectivity index is 1.09.